The number of thioether (sulfide) groups is 1. The van der Waals surface area contributed by atoms with Crippen LogP contribution in [0.15, 0.2) is 29.2 Å². The zero-order valence-corrected chi connectivity index (χ0v) is 16.4. The van der Waals surface area contributed by atoms with Crippen LogP contribution in [0.2, 0.25) is 0 Å². The van der Waals surface area contributed by atoms with Crippen molar-refractivity contribution in [2.24, 2.45) is 0 Å². The summed E-state index contributed by atoms with van der Waals surface area (Å²) in [6.45, 7) is 4.55. The number of carbonyl (C=O) groups excluding carboxylic acids is 4. The molecule has 1 aliphatic heterocycles. The average Bonchev–Trinajstić information content (AvgIpc) is 2.80. The topological polar surface area (TPSA) is 105 Å². The highest BCUT2D eigenvalue weighted by molar-refractivity contribution is 7.99. The molecule has 1 fully saturated rings. The van der Waals surface area contributed by atoms with Crippen molar-refractivity contribution in [1.82, 2.24) is 15.5 Å². The summed E-state index contributed by atoms with van der Waals surface area (Å²) in [4.78, 5) is 49.0. The van der Waals surface area contributed by atoms with E-state index in [2.05, 4.69) is 10.6 Å². The maximum Gasteiger partial charge on any atom is 0.326 e. The number of ether oxygens (including phenoxy) is 1. The van der Waals surface area contributed by atoms with E-state index in [1.165, 1.54) is 5.56 Å². The van der Waals surface area contributed by atoms with E-state index in [0.29, 0.717) is 12.3 Å². The van der Waals surface area contributed by atoms with Crippen molar-refractivity contribution in [3.05, 3.63) is 29.8 Å². The van der Waals surface area contributed by atoms with Gasteiger partial charge in [-0.1, -0.05) is 17.7 Å². The van der Waals surface area contributed by atoms with Crippen LogP contribution in [0, 0.1) is 6.92 Å². The lowest BCUT2D eigenvalue weighted by atomic mass is 10.1. The molecule has 0 unspecified atom stereocenters. The quantitative estimate of drug-likeness (QED) is 0.296. The Labute approximate surface area is 162 Å². The van der Waals surface area contributed by atoms with Crippen molar-refractivity contribution in [3.8, 4) is 0 Å². The van der Waals surface area contributed by atoms with Crippen LogP contribution in [0.25, 0.3) is 0 Å². The van der Waals surface area contributed by atoms with Crippen molar-refractivity contribution in [3.63, 3.8) is 0 Å². The normalized spacial score (nSPS) is 15.4. The van der Waals surface area contributed by atoms with E-state index in [-0.39, 0.29) is 0 Å². The van der Waals surface area contributed by atoms with Gasteiger partial charge >= 0.3 is 12.0 Å². The third-order valence-corrected chi connectivity index (χ3v) is 4.82. The van der Waals surface area contributed by atoms with Gasteiger partial charge in [-0.2, -0.15) is 0 Å². The summed E-state index contributed by atoms with van der Waals surface area (Å²) in [6, 6.07) is 7.42. The van der Waals surface area contributed by atoms with Crippen LogP contribution in [0.1, 0.15) is 19.4 Å². The van der Waals surface area contributed by atoms with Crippen LogP contribution in [0.3, 0.4) is 0 Å². The molecule has 1 saturated heterocycles. The number of aryl methyl sites for hydroxylation is 1. The Morgan fingerprint density at radius 1 is 1.22 bits per heavy atom. The van der Waals surface area contributed by atoms with Gasteiger partial charge in [-0.05, 0) is 32.9 Å². The predicted molar refractivity (Wildman–Crippen MR) is 100 cm³/mol. The Kier molecular flexibility index (Phi) is 6.84. The number of esters is 1. The molecule has 1 aliphatic rings. The van der Waals surface area contributed by atoms with E-state index in [1.807, 2.05) is 31.2 Å². The van der Waals surface area contributed by atoms with Crippen molar-refractivity contribution >= 4 is 35.6 Å². The van der Waals surface area contributed by atoms with E-state index in [1.54, 1.807) is 25.6 Å². The molecular weight excluding hydrogens is 370 g/mol. The van der Waals surface area contributed by atoms with Gasteiger partial charge in [-0.25, -0.2) is 4.79 Å². The fourth-order valence-corrected chi connectivity index (χ4v) is 3.10. The third-order valence-electron chi connectivity index (χ3n) is 3.81. The van der Waals surface area contributed by atoms with Gasteiger partial charge in [0.1, 0.15) is 12.1 Å². The summed E-state index contributed by atoms with van der Waals surface area (Å²) in [7, 11) is 0. The average molecular weight is 393 g/mol. The molecule has 8 nitrogen and oxygen atoms in total. The number of imide groups is 1. The maximum atomic E-state index is 12.0. The smallest absolute Gasteiger partial charge is 0.326 e. The summed E-state index contributed by atoms with van der Waals surface area (Å²) in [6.07, 6.45) is 0. The largest absolute Gasteiger partial charge is 0.454 e. The molecule has 1 heterocycles. The summed E-state index contributed by atoms with van der Waals surface area (Å²) < 4.78 is 4.83. The number of urea groups is 1. The molecule has 0 radical (unpaired) electrons. The van der Waals surface area contributed by atoms with Crippen LogP contribution in [0.5, 0.6) is 0 Å². The molecule has 1 aromatic rings. The SMILES string of the molecule is Cc1ccc(SCCNC(=O)COC(=O)CN2C(=O)NC(C)(C)C2=O)cc1. The van der Waals surface area contributed by atoms with Crippen molar-refractivity contribution in [2.75, 3.05) is 25.4 Å². The van der Waals surface area contributed by atoms with Crippen LogP contribution in [0.4, 0.5) is 4.79 Å². The highest BCUT2D eigenvalue weighted by atomic mass is 32.2. The first-order valence-corrected chi connectivity index (χ1v) is 9.43. The number of amides is 4. The Bertz CT molecular complexity index is 733. The van der Waals surface area contributed by atoms with Crippen molar-refractivity contribution < 1.29 is 23.9 Å². The van der Waals surface area contributed by atoms with E-state index in [9.17, 15) is 19.2 Å². The minimum atomic E-state index is -1.05. The molecule has 9 heteroatoms. The second kappa shape index (κ2) is 8.90. The molecular formula is C18H23N3O5S. The first-order valence-electron chi connectivity index (χ1n) is 8.45. The zero-order valence-electron chi connectivity index (χ0n) is 15.5. The summed E-state index contributed by atoms with van der Waals surface area (Å²) in [5.41, 5.74) is 0.135. The summed E-state index contributed by atoms with van der Waals surface area (Å²) in [5.74, 6) is -1.09. The fourth-order valence-electron chi connectivity index (χ4n) is 2.33. The van der Waals surface area contributed by atoms with Gasteiger partial charge < -0.3 is 15.4 Å². The lowest BCUT2D eigenvalue weighted by Gasteiger charge is -2.15. The second-order valence-corrected chi connectivity index (χ2v) is 7.79. The number of carbonyl (C=O) groups is 4. The molecule has 1 aromatic carbocycles. The van der Waals surface area contributed by atoms with Crippen LogP contribution in [-0.4, -0.2) is 59.7 Å². The van der Waals surface area contributed by atoms with E-state index >= 15 is 0 Å². The van der Waals surface area contributed by atoms with Crippen LogP contribution in [-0.2, 0) is 19.1 Å². The fraction of sp³-hybridized carbons (Fsp3) is 0.444. The predicted octanol–water partition coefficient (Wildman–Crippen LogP) is 1.08. The minimum Gasteiger partial charge on any atom is -0.454 e. The van der Waals surface area contributed by atoms with Crippen LogP contribution < -0.4 is 10.6 Å². The second-order valence-electron chi connectivity index (χ2n) is 6.62. The number of hydrogen-bond acceptors (Lipinski definition) is 6. The molecule has 0 aromatic heterocycles. The van der Waals surface area contributed by atoms with Gasteiger partial charge in [-0.3, -0.25) is 19.3 Å². The molecule has 0 saturated carbocycles. The van der Waals surface area contributed by atoms with Gasteiger partial charge in [-0.15, -0.1) is 11.8 Å². The number of hydrogen-bond donors (Lipinski definition) is 2. The molecule has 27 heavy (non-hydrogen) atoms. The summed E-state index contributed by atoms with van der Waals surface area (Å²) >= 11 is 1.61. The lowest BCUT2D eigenvalue weighted by molar-refractivity contribution is -0.151. The van der Waals surface area contributed by atoms with E-state index in [4.69, 9.17) is 4.74 Å². The Balaban J connectivity index is 1.63. The van der Waals surface area contributed by atoms with Crippen molar-refractivity contribution in [1.29, 1.82) is 0 Å². The van der Waals surface area contributed by atoms with Gasteiger partial charge in [0, 0.05) is 17.2 Å². The molecule has 4 amide bonds. The number of nitrogens with one attached hydrogen (secondary N) is 2. The number of rotatable bonds is 8. The third kappa shape index (κ3) is 5.99. The van der Waals surface area contributed by atoms with Gasteiger partial charge in [0.2, 0.25) is 0 Å². The Morgan fingerprint density at radius 2 is 1.89 bits per heavy atom. The highest BCUT2D eigenvalue weighted by Gasteiger charge is 2.45. The number of nitrogens with zero attached hydrogens (tertiary/aromatic N) is 1. The minimum absolute atomic E-state index is 0.427. The Morgan fingerprint density at radius 3 is 2.48 bits per heavy atom. The van der Waals surface area contributed by atoms with Crippen molar-refractivity contribution in [2.45, 2.75) is 31.2 Å². The standard InChI is InChI=1S/C18H23N3O5S/c1-12-4-6-13(7-5-12)27-9-8-19-14(22)11-26-15(23)10-21-16(24)18(2,3)20-17(21)25/h4-7H,8-11H2,1-3H3,(H,19,22)(H,20,25). The lowest BCUT2D eigenvalue weighted by Crippen LogP contribution is -2.41. The van der Waals surface area contributed by atoms with Gasteiger partial charge in [0.15, 0.2) is 6.61 Å². The molecule has 2 N–H and O–H groups in total. The number of benzene rings is 1. The van der Waals surface area contributed by atoms with E-state index < -0.39 is 42.5 Å². The first-order chi connectivity index (χ1) is 12.7. The molecule has 0 atom stereocenters. The zero-order chi connectivity index (χ0) is 20.0. The van der Waals surface area contributed by atoms with E-state index in [0.717, 1.165) is 9.80 Å². The van der Waals surface area contributed by atoms with Gasteiger partial charge in [0.25, 0.3) is 11.8 Å². The monoisotopic (exact) mass is 393 g/mol. The summed E-state index contributed by atoms with van der Waals surface area (Å²) in [5, 5.41) is 5.11. The molecule has 146 valence electrons. The highest BCUT2D eigenvalue weighted by Crippen LogP contribution is 2.17. The van der Waals surface area contributed by atoms with Crippen LogP contribution >= 0.6 is 11.8 Å². The van der Waals surface area contributed by atoms with Gasteiger partial charge in [0.05, 0.1) is 0 Å². The Hall–Kier alpha value is -2.55. The molecule has 0 bridgehead atoms. The molecule has 0 aliphatic carbocycles. The first kappa shape index (κ1) is 20.8. The maximum absolute atomic E-state index is 12.0. The molecule has 2 rings (SSSR count). The molecule has 0 spiro atoms.